The number of rotatable bonds is 6. The van der Waals surface area contributed by atoms with E-state index in [-0.39, 0.29) is 11.9 Å². The lowest BCUT2D eigenvalue weighted by Crippen LogP contribution is -2.35. The van der Waals surface area contributed by atoms with Crippen molar-refractivity contribution in [3.63, 3.8) is 0 Å². The van der Waals surface area contributed by atoms with Crippen molar-refractivity contribution in [2.45, 2.75) is 44.6 Å². The van der Waals surface area contributed by atoms with Crippen LogP contribution in [0.5, 0.6) is 5.75 Å². The maximum atomic E-state index is 12.9. The molecule has 0 saturated carbocycles. The summed E-state index contributed by atoms with van der Waals surface area (Å²) in [6.07, 6.45) is 6.53. The number of carbonyl (C=O) groups is 1. The highest BCUT2D eigenvalue weighted by Crippen LogP contribution is 2.26. The summed E-state index contributed by atoms with van der Waals surface area (Å²) in [5.74, 6) is 0.546. The molecule has 4 rings (SSSR count). The molecule has 152 valence electrons. The predicted octanol–water partition coefficient (Wildman–Crippen LogP) is 3.62. The van der Waals surface area contributed by atoms with Crippen LogP contribution in [0.1, 0.15) is 49.0 Å². The fourth-order valence-corrected chi connectivity index (χ4v) is 4.30. The van der Waals surface area contributed by atoms with Crippen molar-refractivity contribution in [3.05, 3.63) is 36.0 Å². The summed E-state index contributed by atoms with van der Waals surface area (Å²) in [7, 11) is 0. The van der Waals surface area contributed by atoms with E-state index in [2.05, 4.69) is 16.0 Å². The molecule has 1 aromatic carbocycles. The highest BCUT2D eigenvalue weighted by atomic mass is 16.5. The molecule has 2 fully saturated rings. The standard InChI is InChI=1S/C23H28N4O2/c24-17-19-8-5-15-27(19)23(28)20-11-10-18-7-4-9-21(22(18)25-20)29-16-6-14-26-12-2-1-3-13-26/h4,7,9-11,19H,1-3,5-6,8,12-16H2. The maximum Gasteiger partial charge on any atom is 0.273 e. The molecular weight excluding hydrogens is 364 g/mol. The fourth-order valence-electron chi connectivity index (χ4n) is 4.30. The molecule has 1 atom stereocenters. The number of piperidine rings is 1. The largest absolute Gasteiger partial charge is 0.491 e. The van der Waals surface area contributed by atoms with E-state index in [4.69, 9.17) is 4.74 Å². The minimum atomic E-state index is -0.346. The number of nitrogens with zero attached hydrogens (tertiary/aromatic N) is 4. The van der Waals surface area contributed by atoms with Gasteiger partial charge in [-0.05, 0) is 57.3 Å². The van der Waals surface area contributed by atoms with Gasteiger partial charge in [-0.3, -0.25) is 4.79 Å². The lowest BCUT2D eigenvalue weighted by Gasteiger charge is -2.26. The average molecular weight is 393 g/mol. The van der Waals surface area contributed by atoms with Crippen LogP contribution in [0.4, 0.5) is 0 Å². The van der Waals surface area contributed by atoms with Crippen LogP contribution in [0, 0.1) is 11.3 Å². The monoisotopic (exact) mass is 392 g/mol. The molecule has 2 aromatic rings. The molecule has 3 heterocycles. The minimum absolute atomic E-state index is 0.171. The Morgan fingerprint density at radius 3 is 2.83 bits per heavy atom. The van der Waals surface area contributed by atoms with Gasteiger partial charge in [0.1, 0.15) is 23.0 Å². The van der Waals surface area contributed by atoms with Gasteiger partial charge in [0.25, 0.3) is 5.91 Å². The quantitative estimate of drug-likeness (QED) is 0.703. The third-order valence-corrected chi connectivity index (χ3v) is 5.89. The number of nitriles is 1. The van der Waals surface area contributed by atoms with Crippen molar-refractivity contribution >= 4 is 16.8 Å². The topological polar surface area (TPSA) is 69.5 Å². The number of hydrogen-bond donors (Lipinski definition) is 0. The van der Waals surface area contributed by atoms with Crippen molar-refractivity contribution in [2.75, 3.05) is 32.8 Å². The van der Waals surface area contributed by atoms with Crippen LogP contribution in [-0.4, -0.2) is 59.5 Å². The molecule has 0 N–H and O–H groups in total. The number of fused-ring (bicyclic) bond motifs is 1. The molecule has 0 radical (unpaired) electrons. The first-order valence-electron chi connectivity index (χ1n) is 10.7. The van der Waals surface area contributed by atoms with Crippen molar-refractivity contribution in [2.24, 2.45) is 0 Å². The fraction of sp³-hybridized carbons (Fsp3) is 0.522. The normalized spacial score (nSPS) is 20.0. The van der Waals surface area contributed by atoms with Gasteiger partial charge in [0.05, 0.1) is 12.7 Å². The first-order valence-corrected chi connectivity index (χ1v) is 10.7. The first kappa shape index (κ1) is 19.7. The smallest absolute Gasteiger partial charge is 0.273 e. The number of amides is 1. The van der Waals surface area contributed by atoms with E-state index in [0.717, 1.165) is 31.2 Å². The summed E-state index contributed by atoms with van der Waals surface area (Å²) in [4.78, 5) is 21.6. The van der Waals surface area contributed by atoms with E-state index in [0.29, 0.717) is 30.1 Å². The van der Waals surface area contributed by atoms with E-state index in [1.54, 1.807) is 11.0 Å². The van der Waals surface area contributed by atoms with Crippen LogP contribution in [0.15, 0.2) is 30.3 Å². The number of aromatic nitrogens is 1. The zero-order valence-corrected chi connectivity index (χ0v) is 16.8. The molecule has 6 heteroatoms. The zero-order chi connectivity index (χ0) is 20.1. The summed E-state index contributed by atoms with van der Waals surface area (Å²) in [6, 6.07) is 11.4. The Bertz CT molecular complexity index is 901. The van der Waals surface area contributed by atoms with Gasteiger partial charge >= 0.3 is 0 Å². The van der Waals surface area contributed by atoms with E-state index in [1.165, 1.54) is 32.4 Å². The molecule has 2 aliphatic rings. The second-order valence-corrected chi connectivity index (χ2v) is 7.91. The van der Waals surface area contributed by atoms with Crippen LogP contribution < -0.4 is 4.74 Å². The number of benzene rings is 1. The molecule has 2 aliphatic heterocycles. The number of carbonyl (C=O) groups excluding carboxylic acids is 1. The van der Waals surface area contributed by atoms with Gasteiger partial charge in [-0.2, -0.15) is 5.26 Å². The second-order valence-electron chi connectivity index (χ2n) is 7.91. The van der Waals surface area contributed by atoms with Crippen molar-refractivity contribution < 1.29 is 9.53 Å². The molecule has 6 nitrogen and oxygen atoms in total. The van der Waals surface area contributed by atoms with Crippen LogP contribution in [0.2, 0.25) is 0 Å². The van der Waals surface area contributed by atoms with Gasteiger partial charge in [-0.25, -0.2) is 4.98 Å². The minimum Gasteiger partial charge on any atom is -0.491 e. The van der Waals surface area contributed by atoms with Gasteiger partial charge in [0.2, 0.25) is 0 Å². The number of pyridine rings is 1. The van der Waals surface area contributed by atoms with Gasteiger partial charge in [0, 0.05) is 18.5 Å². The van der Waals surface area contributed by atoms with Crippen LogP contribution in [-0.2, 0) is 0 Å². The predicted molar refractivity (Wildman–Crippen MR) is 112 cm³/mol. The molecule has 1 aromatic heterocycles. The Kier molecular flexibility index (Phi) is 6.26. The van der Waals surface area contributed by atoms with E-state index in [9.17, 15) is 10.1 Å². The lowest BCUT2D eigenvalue weighted by atomic mass is 10.1. The Morgan fingerprint density at radius 2 is 2.00 bits per heavy atom. The summed E-state index contributed by atoms with van der Waals surface area (Å²) in [5.41, 5.74) is 1.09. The van der Waals surface area contributed by atoms with Crippen molar-refractivity contribution in [3.8, 4) is 11.8 Å². The zero-order valence-electron chi connectivity index (χ0n) is 16.8. The van der Waals surface area contributed by atoms with Gasteiger partial charge in [-0.15, -0.1) is 0 Å². The number of hydrogen-bond acceptors (Lipinski definition) is 5. The Hall–Kier alpha value is -2.65. The summed E-state index contributed by atoms with van der Waals surface area (Å²) in [5, 5.41) is 10.2. The Labute approximate surface area is 172 Å². The number of ether oxygens (including phenoxy) is 1. The summed E-state index contributed by atoms with van der Waals surface area (Å²) >= 11 is 0. The summed E-state index contributed by atoms with van der Waals surface area (Å²) < 4.78 is 6.05. The van der Waals surface area contributed by atoms with Crippen LogP contribution in [0.3, 0.4) is 0 Å². The molecule has 0 bridgehead atoms. The lowest BCUT2D eigenvalue weighted by molar-refractivity contribution is 0.0759. The third kappa shape index (κ3) is 4.51. The van der Waals surface area contributed by atoms with Crippen LogP contribution >= 0.6 is 0 Å². The van der Waals surface area contributed by atoms with Gasteiger partial charge in [-0.1, -0.05) is 24.6 Å². The molecule has 0 aliphatic carbocycles. The first-order chi connectivity index (χ1) is 14.3. The highest BCUT2D eigenvalue weighted by Gasteiger charge is 2.30. The Morgan fingerprint density at radius 1 is 1.14 bits per heavy atom. The van der Waals surface area contributed by atoms with Crippen molar-refractivity contribution in [1.29, 1.82) is 5.26 Å². The van der Waals surface area contributed by atoms with Gasteiger partial charge in [0.15, 0.2) is 0 Å². The van der Waals surface area contributed by atoms with Crippen molar-refractivity contribution in [1.82, 2.24) is 14.8 Å². The molecule has 29 heavy (non-hydrogen) atoms. The molecule has 1 unspecified atom stereocenters. The molecule has 2 saturated heterocycles. The number of likely N-dealkylation sites (tertiary alicyclic amines) is 2. The second kappa shape index (κ2) is 9.23. The molecular formula is C23H28N4O2. The molecule has 0 spiro atoms. The van der Waals surface area contributed by atoms with Gasteiger partial charge < -0.3 is 14.5 Å². The average Bonchev–Trinajstić information content (AvgIpc) is 3.25. The highest BCUT2D eigenvalue weighted by molar-refractivity contribution is 5.96. The SMILES string of the molecule is N#CC1CCCN1C(=O)c1ccc2cccc(OCCCN3CCCCC3)c2n1. The number of para-hydroxylation sites is 1. The molecule has 1 amide bonds. The third-order valence-electron chi connectivity index (χ3n) is 5.89. The Balaban J connectivity index is 1.44. The maximum absolute atomic E-state index is 12.9. The van der Waals surface area contributed by atoms with E-state index in [1.807, 2.05) is 24.3 Å². The summed E-state index contributed by atoms with van der Waals surface area (Å²) in [6.45, 7) is 4.71. The van der Waals surface area contributed by atoms with Crippen LogP contribution in [0.25, 0.3) is 10.9 Å². The van der Waals surface area contributed by atoms with E-state index >= 15 is 0 Å². The van der Waals surface area contributed by atoms with E-state index < -0.39 is 0 Å².